The Morgan fingerprint density at radius 2 is 1.97 bits per heavy atom. The Labute approximate surface area is 185 Å². The van der Waals surface area contributed by atoms with E-state index in [4.69, 9.17) is 16.0 Å². The average Bonchev–Trinajstić information content (AvgIpc) is 2.64. The lowest BCUT2D eigenvalue weighted by Gasteiger charge is -2.41. The predicted octanol–water partition coefficient (Wildman–Crippen LogP) is 6.36. The molecule has 0 aromatic carbocycles. The van der Waals surface area contributed by atoms with Gasteiger partial charge in [-0.1, -0.05) is 52.1 Å². The number of nitrogens with zero attached hydrogens (tertiary/aromatic N) is 2. The quantitative estimate of drug-likeness (QED) is 0.340. The van der Waals surface area contributed by atoms with Crippen molar-refractivity contribution in [3.63, 3.8) is 0 Å². The van der Waals surface area contributed by atoms with E-state index in [1.165, 1.54) is 0 Å². The second-order valence-corrected chi connectivity index (χ2v) is 14.8. The van der Waals surface area contributed by atoms with Gasteiger partial charge < -0.3 is 14.8 Å². The van der Waals surface area contributed by atoms with E-state index in [0.29, 0.717) is 23.3 Å². The van der Waals surface area contributed by atoms with E-state index < -0.39 is 19.8 Å². The van der Waals surface area contributed by atoms with Gasteiger partial charge in [-0.15, -0.1) is 0 Å². The van der Waals surface area contributed by atoms with Gasteiger partial charge in [0.15, 0.2) is 8.32 Å². The molecule has 2 heterocycles. The lowest BCUT2D eigenvalue weighted by Crippen LogP contribution is -2.48. The molecule has 1 atom stereocenters. The zero-order valence-corrected chi connectivity index (χ0v) is 20.9. The maximum atomic E-state index is 12.0. The number of rotatable bonds is 9. The van der Waals surface area contributed by atoms with Gasteiger partial charge in [0, 0.05) is 6.20 Å². The van der Waals surface area contributed by atoms with Crippen LogP contribution in [0.15, 0.2) is 18.3 Å². The smallest absolute Gasteiger partial charge is 0.341 e. The van der Waals surface area contributed by atoms with E-state index in [9.17, 15) is 9.90 Å². The molecule has 2 aromatic rings. The van der Waals surface area contributed by atoms with Crippen LogP contribution in [0, 0.1) is 0 Å². The SMILES string of the molecule is CCCC[C@](C)(CO[Si](C)(C)C(C)(C)C)Nc1c(C(=O)O)c(Cl)nc2cccnc12. The highest BCUT2D eigenvalue weighted by atomic mass is 35.5. The first kappa shape index (κ1) is 24.6. The fourth-order valence-electron chi connectivity index (χ4n) is 2.98. The molecule has 0 amide bonds. The van der Waals surface area contributed by atoms with Crippen LogP contribution in [0.5, 0.6) is 0 Å². The van der Waals surface area contributed by atoms with Crippen molar-refractivity contribution in [3.05, 3.63) is 29.0 Å². The number of pyridine rings is 2. The molecular weight excluding hydrogens is 418 g/mol. The van der Waals surface area contributed by atoms with Gasteiger partial charge in [0.05, 0.1) is 23.3 Å². The monoisotopic (exact) mass is 451 g/mol. The number of nitrogens with one attached hydrogen (secondary N) is 1. The molecule has 0 bridgehead atoms. The van der Waals surface area contributed by atoms with Gasteiger partial charge in [0.1, 0.15) is 16.2 Å². The number of aromatic nitrogens is 2. The Balaban J connectivity index is 2.51. The molecule has 0 saturated heterocycles. The molecule has 0 radical (unpaired) electrons. The van der Waals surface area contributed by atoms with Crippen molar-refractivity contribution in [3.8, 4) is 0 Å². The third-order valence-electron chi connectivity index (χ3n) is 5.98. The molecule has 0 saturated carbocycles. The van der Waals surface area contributed by atoms with Crippen LogP contribution in [0.4, 0.5) is 5.69 Å². The summed E-state index contributed by atoms with van der Waals surface area (Å²) in [6, 6.07) is 3.53. The highest BCUT2D eigenvalue weighted by molar-refractivity contribution is 6.74. The summed E-state index contributed by atoms with van der Waals surface area (Å²) >= 11 is 6.26. The van der Waals surface area contributed by atoms with Crippen LogP contribution in [0.1, 0.15) is 64.2 Å². The minimum atomic E-state index is -1.98. The zero-order valence-electron chi connectivity index (χ0n) is 19.1. The van der Waals surface area contributed by atoms with Gasteiger partial charge in [0.2, 0.25) is 0 Å². The van der Waals surface area contributed by atoms with E-state index in [2.05, 4.69) is 63.0 Å². The van der Waals surface area contributed by atoms with Gasteiger partial charge >= 0.3 is 5.97 Å². The van der Waals surface area contributed by atoms with E-state index in [-0.39, 0.29) is 15.8 Å². The Morgan fingerprint density at radius 1 is 1.30 bits per heavy atom. The Hall–Kier alpha value is -1.70. The minimum absolute atomic E-state index is 0.0475. The van der Waals surface area contributed by atoms with Crippen LogP contribution < -0.4 is 5.32 Å². The lowest BCUT2D eigenvalue weighted by molar-refractivity contribution is 0.0697. The van der Waals surface area contributed by atoms with Crippen LogP contribution in [0.25, 0.3) is 11.0 Å². The fraction of sp³-hybridized carbons (Fsp3) is 0.591. The van der Waals surface area contributed by atoms with Gasteiger partial charge in [-0.2, -0.15) is 0 Å². The summed E-state index contributed by atoms with van der Waals surface area (Å²) in [5.41, 5.74) is 0.908. The molecule has 0 fully saturated rings. The van der Waals surface area contributed by atoms with Crippen molar-refractivity contribution >= 4 is 42.6 Å². The van der Waals surface area contributed by atoms with Crippen LogP contribution in [-0.4, -0.2) is 41.5 Å². The third kappa shape index (κ3) is 5.50. The van der Waals surface area contributed by atoms with Crippen LogP contribution in [-0.2, 0) is 4.43 Å². The molecule has 8 heteroatoms. The number of fused-ring (bicyclic) bond motifs is 1. The summed E-state index contributed by atoms with van der Waals surface area (Å²) in [6.07, 6.45) is 4.46. The topological polar surface area (TPSA) is 84.3 Å². The summed E-state index contributed by atoms with van der Waals surface area (Å²) in [6.45, 7) is 15.7. The molecular formula is C22H34ClN3O3Si. The minimum Gasteiger partial charge on any atom is -0.478 e. The summed E-state index contributed by atoms with van der Waals surface area (Å²) < 4.78 is 6.53. The molecule has 0 unspecified atom stereocenters. The van der Waals surface area contributed by atoms with E-state index in [1.54, 1.807) is 18.3 Å². The number of aromatic carboxylic acids is 1. The highest BCUT2D eigenvalue weighted by Crippen LogP contribution is 2.38. The maximum Gasteiger partial charge on any atom is 0.341 e. The Kier molecular flexibility index (Phi) is 7.53. The van der Waals surface area contributed by atoms with E-state index >= 15 is 0 Å². The number of carboxylic acid groups (broad SMARTS) is 1. The van der Waals surface area contributed by atoms with Crippen LogP contribution in [0.3, 0.4) is 0 Å². The molecule has 0 aliphatic heterocycles. The second-order valence-electron chi connectivity index (χ2n) is 9.67. The van der Waals surface area contributed by atoms with Crippen molar-refractivity contribution in [2.24, 2.45) is 0 Å². The largest absolute Gasteiger partial charge is 0.478 e. The second kappa shape index (κ2) is 9.20. The molecule has 0 aliphatic rings. The lowest BCUT2D eigenvalue weighted by atomic mass is 9.95. The fourth-order valence-corrected chi connectivity index (χ4v) is 4.35. The normalized spacial score (nSPS) is 14.5. The van der Waals surface area contributed by atoms with Gasteiger partial charge in [-0.25, -0.2) is 9.78 Å². The van der Waals surface area contributed by atoms with Crippen LogP contribution >= 0.6 is 11.6 Å². The molecule has 6 nitrogen and oxygen atoms in total. The van der Waals surface area contributed by atoms with Gasteiger partial charge in [-0.3, -0.25) is 4.98 Å². The van der Waals surface area contributed by atoms with Gasteiger partial charge in [-0.05, 0) is 43.6 Å². The molecule has 30 heavy (non-hydrogen) atoms. The molecule has 0 spiro atoms. The molecule has 0 aliphatic carbocycles. The maximum absolute atomic E-state index is 12.0. The molecule has 2 rings (SSSR count). The molecule has 2 aromatic heterocycles. The molecule has 2 N–H and O–H groups in total. The zero-order chi connectivity index (χ0) is 22.7. The van der Waals surface area contributed by atoms with E-state index in [1.807, 2.05) is 0 Å². The van der Waals surface area contributed by atoms with Crippen molar-refractivity contribution in [2.45, 2.75) is 77.6 Å². The number of halogens is 1. The van der Waals surface area contributed by atoms with Crippen molar-refractivity contribution in [1.82, 2.24) is 9.97 Å². The number of carbonyl (C=O) groups is 1. The average molecular weight is 452 g/mol. The van der Waals surface area contributed by atoms with Crippen molar-refractivity contribution in [2.75, 3.05) is 11.9 Å². The summed E-state index contributed by atoms with van der Waals surface area (Å²) in [5, 5.41) is 13.3. The summed E-state index contributed by atoms with van der Waals surface area (Å²) in [4.78, 5) is 20.6. The first-order valence-electron chi connectivity index (χ1n) is 10.4. The Morgan fingerprint density at radius 3 is 2.53 bits per heavy atom. The number of hydrogen-bond donors (Lipinski definition) is 2. The highest BCUT2D eigenvalue weighted by Gasteiger charge is 2.39. The predicted molar refractivity (Wildman–Crippen MR) is 126 cm³/mol. The number of hydrogen-bond acceptors (Lipinski definition) is 5. The number of carboxylic acids is 1. The summed E-state index contributed by atoms with van der Waals surface area (Å²) in [5.74, 6) is -1.13. The van der Waals surface area contributed by atoms with Crippen molar-refractivity contribution < 1.29 is 14.3 Å². The first-order chi connectivity index (χ1) is 13.8. The first-order valence-corrected chi connectivity index (χ1v) is 13.7. The Bertz CT molecular complexity index is 914. The molecule has 166 valence electrons. The van der Waals surface area contributed by atoms with E-state index in [0.717, 1.165) is 19.3 Å². The summed E-state index contributed by atoms with van der Waals surface area (Å²) in [7, 11) is -1.98. The standard InChI is InChI=1S/C22H34ClN3O3Si/c1-8-9-12-22(5,14-29-30(6,7)21(2,3)4)26-18-16(20(27)28)19(23)25-15-11-10-13-24-17(15)18/h10-11,13H,8-9,12,14H2,1-7H3,(H,25,26)(H,27,28)/t22-/m1/s1. The third-order valence-corrected chi connectivity index (χ3v) is 10.7. The van der Waals surface area contributed by atoms with Gasteiger partial charge in [0.25, 0.3) is 0 Å². The van der Waals surface area contributed by atoms with Crippen LogP contribution in [0.2, 0.25) is 23.3 Å². The number of anilines is 1. The van der Waals surface area contributed by atoms with Crippen molar-refractivity contribution in [1.29, 1.82) is 0 Å². The number of unbranched alkanes of at least 4 members (excludes halogenated alkanes) is 1.